The Bertz CT molecular complexity index is 1160. The summed E-state index contributed by atoms with van der Waals surface area (Å²) in [6.45, 7) is 3.02. The van der Waals surface area contributed by atoms with E-state index in [2.05, 4.69) is 10.4 Å². The molecule has 0 aliphatic heterocycles. The fourth-order valence-corrected chi connectivity index (χ4v) is 3.24. The first-order valence-corrected chi connectivity index (χ1v) is 9.44. The zero-order chi connectivity index (χ0) is 21.6. The Morgan fingerprint density at radius 2 is 1.93 bits per heavy atom. The Labute approximate surface area is 170 Å². The van der Waals surface area contributed by atoms with Crippen molar-refractivity contribution in [3.63, 3.8) is 0 Å². The van der Waals surface area contributed by atoms with Crippen molar-refractivity contribution in [1.82, 2.24) is 14.9 Å². The van der Waals surface area contributed by atoms with Gasteiger partial charge in [0.2, 0.25) is 5.88 Å². The molecule has 2 heterocycles. The van der Waals surface area contributed by atoms with Gasteiger partial charge in [-0.1, -0.05) is 0 Å². The third-order valence-corrected chi connectivity index (χ3v) is 5.16. The van der Waals surface area contributed by atoms with Crippen LogP contribution >= 0.6 is 0 Å². The van der Waals surface area contributed by atoms with Gasteiger partial charge in [-0.2, -0.15) is 9.61 Å². The summed E-state index contributed by atoms with van der Waals surface area (Å²) in [5.74, 6) is -3.64. The van der Waals surface area contributed by atoms with Crippen LogP contribution in [0.3, 0.4) is 0 Å². The SMILES string of the molecule is Cc1cc(OCc2c(F)ccc(F)c2F)n2nc(C)c(C(=O)NCC3(O)CC3)c2c1. The molecule has 158 valence electrons. The monoisotopic (exact) mass is 419 g/mol. The van der Waals surface area contributed by atoms with Crippen molar-refractivity contribution in [3.05, 3.63) is 64.1 Å². The zero-order valence-electron chi connectivity index (χ0n) is 16.4. The maximum Gasteiger partial charge on any atom is 0.255 e. The van der Waals surface area contributed by atoms with Gasteiger partial charge in [0, 0.05) is 12.6 Å². The highest BCUT2D eigenvalue weighted by atomic mass is 19.2. The Morgan fingerprint density at radius 1 is 1.23 bits per heavy atom. The quantitative estimate of drug-likeness (QED) is 0.602. The lowest BCUT2D eigenvalue weighted by molar-refractivity contribution is 0.0897. The van der Waals surface area contributed by atoms with Crippen molar-refractivity contribution in [3.8, 4) is 5.88 Å². The standard InChI is InChI=1S/C21H20F3N3O3/c1-11-7-16-18(20(28)25-10-21(29)5-6-21)12(2)26-27(16)17(8-11)30-9-13-14(22)3-4-15(23)19(13)24/h3-4,7-8,29H,5-6,9-10H2,1-2H3,(H,25,28). The summed E-state index contributed by atoms with van der Waals surface area (Å²) < 4.78 is 48.2. The molecule has 0 spiro atoms. The maximum atomic E-state index is 13.9. The number of carbonyl (C=O) groups excluding carboxylic acids is 1. The van der Waals surface area contributed by atoms with Crippen LogP contribution in [0.15, 0.2) is 24.3 Å². The number of hydrogen-bond donors (Lipinski definition) is 2. The van der Waals surface area contributed by atoms with Crippen molar-refractivity contribution in [2.24, 2.45) is 0 Å². The third kappa shape index (κ3) is 3.72. The van der Waals surface area contributed by atoms with E-state index in [9.17, 15) is 23.1 Å². The van der Waals surface area contributed by atoms with E-state index in [0.717, 1.165) is 11.6 Å². The van der Waals surface area contributed by atoms with Gasteiger partial charge >= 0.3 is 0 Å². The van der Waals surface area contributed by atoms with E-state index in [1.807, 2.05) is 0 Å². The van der Waals surface area contributed by atoms with Gasteiger partial charge in [0.25, 0.3) is 5.91 Å². The number of pyridine rings is 1. The summed E-state index contributed by atoms with van der Waals surface area (Å²) in [6, 6.07) is 4.87. The Hall–Kier alpha value is -3.07. The topological polar surface area (TPSA) is 75.9 Å². The highest BCUT2D eigenvalue weighted by Gasteiger charge is 2.40. The number of nitrogens with one attached hydrogen (secondary N) is 1. The molecule has 0 saturated heterocycles. The smallest absolute Gasteiger partial charge is 0.255 e. The van der Waals surface area contributed by atoms with Crippen LogP contribution in [0.2, 0.25) is 0 Å². The van der Waals surface area contributed by atoms with Gasteiger partial charge in [0.05, 0.1) is 27.9 Å². The molecule has 1 amide bonds. The Balaban J connectivity index is 1.65. The number of aromatic nitrogens is 2. The second kappa shape index (κ2) is 7.32. The van der Waals surface area contributed by atoms with E-state index in [4.69, 9.17) is 4.74 Å². The number of aryl methyl sites for hydroxylation is 2. The summed E-state index contributed by atoms with van der Waals surface area (Å²) >= 11 is 0. The van der Waals surface area contributed by atoms with Gasteiger partial charge in [-0.05, 0) is 50.5 Å². The maximum absolute atomic E-state index is 13.9. The molecular weight excluding hydrogens is 399 g/mol. The summed E-state index contributed by atoms with van der Waals surface area (Å²) in [7, 11) is 0. The van der Waals surface area contributed by atoms with Gasteiger partial charge in [-0.3, -0.25) is 4.79 Å². The average molecular weight is 419 g/mol. The molecule has 2 aromatic heterocycles. The predicted molar refractivity (Wildman–Crippen MR) is 102 cm³/mol. The molecule has 0 unspecified atom stereocenters. The molecule has 2 N–H and O–H groups in total. The first kappa shape index (κ1) is 20.2. The van der Waals surface area contributed by atoms with Crippen LogP contribution in [0.25, 0.3) is 5.52 Å². The van der Waals surface area contributed by atoms with Crippen LogP contribution in [0, 0.1) is 31.3 Å². The lowest BCUT2D eigenvalue weighted by atomic mass is 10.1. The van der Waals surface area contributed by atoms with E-state index < -0.39 is 35.2 Å². The van der Waals surface area contributed by atoms with Crippen LogP contribution < -0.4 is 10.1 Å². The lowest BCUT2D eigenvalue weighted by Gasteiger charge is -2.12. The Morgan fingerprint density at radius 3 is 2.63 bits per heavy atom. The van der Waals surface area contributed by atoms with Crippen LogP contribution in [-0.2, 0) is 6.61 Å². The molecule has 6 nitrogen and oxygen atoms in total. The molecule has 3 aromatic rings. The number of benzene rings is 1. The molecule has 1 aliphatic rings. The van der Waals surface area contributed by atoms with Crippen molar-refractivity contribution in [2.75, 3.05) is 6.54 Å². The van der Waals surface area contributed by atoms with E-state index in [0.29, 0.717) is 35.7 Å². The average Bonchev–Trinajstić information content (AvgIpc) is 3.33. The molecule has 1 saturated carbocycles. The number of amides is 1. The minimum atomic E-state index is -1.31. The minimum Gasteiger partial charge on any atom is -0.473 e. The fourth-order valence-electron chi connectivity index (χ4n) is 3.24. The third-order valence-electron chi connectivity index (χ3n) is 5.16. The molecule has 1 aromatic carbocycles. The molecule has 9 heteroatoms. The summed E-state index contributed by atoms with van der Waals surface area (Å²) in [6.07, 6.45) is 1.29. The first-order chi connectivity index (χ1) is 14.2. The number of fused-ring (bicyclic) bond motifs is 1. The van der Waals surface area contributed by atoms with Gasteiger partial charge in [0.15, 0.2) is 11.6 Å². The van der Waals surface area contributed by atoms with Crippen LogP contribution in [-0.4, -0.2) is 32.8 Å². The van der Waals surface area contributed by atoms with Crippen LogP contribution in [0.1, 0.15) is 40.0 Å². The number of nitrogens with zero attached hydrogens (tertiary/aromatic N) is 2. The minimum absolute atomic E-state index is 0.149. The second-order valence-corrected chi connectivity index (χ2v) is 7.65. The number of carbonyl (C=O) groups is 1. The summed E-state index contributed by atoms with van der Waals surface area (Å²) in [5.41, 5.74) is 0.542. The van der Waals surface area contributed by atoms with Gasteiger partial charge in [-0.25, -0.2) is 13.2 Å². The number of aliphatic hydroxyl groups is 1. The molecule has 1 aliphatic carbocycles. The number of rotatable bonds is 6. The van der Waals surface area contributed by atoms with Gasteiger partial charge in [-0.15, -0.1) is 0 Å². The normalized spacial score (nSPS) is 14.7. The van der Waals surface area contributed by atoms with Crippen molar-refractivity contribution < 1.29 is 27.8 Å². The van der Waals surface area contributed by atoms with Crippen molar-refractivity contribution in [2.45, 2.75) is 38.9 Å². The van der Waals surface area contributed by atoms with Crippen LogP contribution in [0.5, 0.6) is 5.88 Å². The van der Waals surface area contributed by atoms with E-state index in [1.165, 1.54) is 4.52 Å². The number of halogens is 3. The van der Waals surface area contributed by atoms with Crippen molar-refractivity contribution in [1.29, 1.82) is 0 Å². The fraction of sp³-hybridized carbons (Fsp3) is 0.333. The van der Waals surface area contributed by atoms with Gasteiger partial charge < -0.3 is 15.2 Å². The largest absolute Gasteiger partial charge is 0.473 e. The van der Waals surface area contributed by atoms with Crippen molar-refractivity contribution >= 4 is 11.4 Å². The number of ether oxygens (including phenoxy) is 1. The second-order valence-electron chi connectivity index (χ2n) is 7.65. The highest BCUT2D eigenvalue weighted by Crippen LogP contribution is 2.34. The van der Waals surface area contributed by atoms with E-state index in [1.54, 1.807) is 26.0 Å². The van der Waals surface area contributed by atoms with Gasteiger partial charge in [0.1, 0.15) is 12.4 Å². The molecule has 0 atom stereocenters. The molecule has 0 radical (unpaired) electrons. The molecular formula is C21H20F3N3O3. The molecule has 1 fully saturated rings. The van der Waals surface area contributed by atoms with E-state index >= 15 is 0 Å². The van der Waals surface area contributed by atoms with E-state index in [-0.39, 0.29) is 18.3 Å². The zero-order valence-corrected chi connectivity index (χ0v) is 16.4. The Kier molecular flexibility index (Phi) is 4.93. The van der Waals surface area contributed by atoms with Crippen LogP contribution in [0.4, 0.5) is 13.2 Å². The number of hydrogen-bond acceptors (Lipinski definition) is 4. The summed E-state index contributed by atoms with van der Waals surface area (Å²) in [4.78, 5) is 12.7. The predicted octanol–water partition coefficient (Wildman–Crippen LogP) is 3.20. The lowest BCUT2D eigenvalue weighted by Crippen LogP contribution is -2.33. The molecule has 0 bridgehead atoms. The molecule has 4 rings (SSSR count). The first-order valence-electron chi connectivity index (χ1n) is 9.44. The molecule has 30 heavy (non-hydrogen) atoms. The highest BCUT2D eigenvalue weighted by molar-refractivity contribution is 6.02. The summed E-state index contributed by atoms with van der Waals surface area (Å²) in [5, 5.41) is 17.0.